The van der Waals surface area contributed by atoms with Crippen molar-refractivity contribution in [2.75, 3.05) is 0 Å². The van der Waals surface area contributed by atoms with Gasteiger partial charge in [0.05, 0.1) is 15.6 Å². The minimum absolute atomic E-state index is 0.443. The summed E-state index contributed by atoms with van der Waals surface area (Å²) in [6.45, 7) is 12.6. The van der Waals surface area contributed by atoms with Crippen LogP contribution in [0.4, 0.5) is 0 Å². The smallest absolute Gasteiger partial charge is 0.248 e. The molecule has 2 aromatic rings. The average Bonchev–Trinajstić information content (AvgIpc) is 3.06. The monoisotopic (exact) mass is 419 g/mol. The predicted molar refractivity (Wildman–Crippen MR) is 127 cm³/mol. The lowest BCUT2D eigenvalue weighted by atomic mass is 9.92. The zero-order valence-corrected chi connectivity index (χ0v) is 19.0. The number of unbranched alkanes of at least 4 members (excludes halogenated alkanes) is 1. The van der Waals surface area contributed by atoms with Gasteiger partial charge in [0.1, 0.15) is 0 Å². The van der Waals surface area contributed by atoms with Crippen molar-refractivity contribution in [2.24, 2.45) is 5.73 Å². The number of hydrogen-bond donors (Lipinski definition) is 1. The van der Waals surface area contributed by atoms with Crippen LogP contribution >= 0.6 is 11.3 Å². The highest BCUT2D eigenvalue weighted by molar-refractivity contribution is 7.15. The quantitative estimate of drug-likeness (QED) is 0.589. The molecule has 0 spiro atoms. The molecule has 1 aromatic carbocycles. The summed E-state index contributed by atoms with van der Waals surface area (Å²) in [7, 11) is 0. The first-order valence-corrected chi connectivity index (χ1v) is 11.1. The van der Waals surface area contributed by atoms with Crippen molar-refractivity contribution >= 4 is 22.8 Å². The lowest BCUT2D eigenvalue weighted by Gasteiger charge is -2.28. The number of nitrogens with two attached hydrogens (primary N) is 1. The van der Waals surface area contributed by atoms with E-state index in [4.69, 9.17) is 5.73 Å². The zero-order chi connectivity index (χ0) is 21.8. The van der Waals surface area contributed by atoms with Gasteiger partial charge in [-0.2, -0.15) is 0 Å². The number of amides is 1. The summed E-state index contributed by atoms with van der Waals surface area (Å²) >= 11 is 1.73. The largest absolute Gasteiger partial charge is 0.366 e. The number of thiazole rings is 1. The number of nitrogens with zero attached hydrogens (tertiary/aromatic N) is 2. The van der Waals surface area contributed by atoms with E-state index in [1.165, 1.54) is 21.6 Å². The Morgan fingerprint density at radius 1 is 1.27 bits per heavy atom. The van der Waals surface area contributed by atoms with Gasteiger partial charge in [0.2, 0.25) is 5.91 Å². The summed E-state index contributed by atoms with van der Waals surface area (Å²) < 4.78 is 0. The van der Waals surface area contributed by atoms with E-state index in [0.717, 1.165) is 41.4 Å². The Labute approximate surface area is 183 Å². The molecule has 1 aliphatic heterocycles. The second-order valence-electron chi connectivity index (χ2n) is 7.50. The lowest BCUT2D eigenvalue weighted by molar-refractivity contribution is -0.114. The van der Waals surface area contributed by atoms with Gasteiger partial charge in [0.25, 0.3) is 0 Å². The second kappa shape index (κ2) is 9.26. The number of carbonyl (C=O) groups excluding carboxylic acids is 1. The second-order valence-corrected chi connectivity index (χ2v) is 8.70. The van der Waals surface area contributed by atoms with Gasteiger partial charge in [-0.1, -0.05) is 44.2 Å². The first-order valence-electron chi connectivity index (χ1n) is 10.2. The Morgan fingerprint density at radius 3 is 2.60 bits per heavy atom. The molecule has 0 saturated heterocycles. The van der Waals surface area contributed by atoms with Crippen molar-refractivity contribution in [3.05, 3.63) is 82.4 Å². The van der Waals surface area contributed by atoms with Crippen molar-refractivity contribution in [1.29, 1.82) is 0 Å². The van der Waals surface area contributed by atoms with Gasteiger partial charge in [-0.25, -0.2) is 4.98 Å². The molecule has 0 radical (unpaired) electrons. The number of carbonyl (C=O) groups is 1. The molecule has 0 unspecified atom stereocenters. The fourth-order valence-electron chi connectivity index (χ4n) is 3.76. The number of benzene rings is 1. The van der Waals surface area contributed by atoms with Gasteiger partial charge in [-0.05, 0) is 56.9 Å². The lowest BCUT2D eigenvalue weighted by Crippen LogP contribution is -2.21. The maximum atomic E-state index is 11.5. The summed E-state index contributed by atoms with van der Waals surface area (Å²) in [5, 5.41) is 1.07. The molecule has 4 nitrogen and oxygen atoms in total. The van der Waals surface area contributed by atoms with Gasteiger partial charge in [-0.15, -0.1) is 11.3 Å². The minimum Gasteiger partial charge on any atom is -0.366 e. The highest BCUT2D eigenvalue weighted by Gasteiger charge is 2.20. The highest BCUT2D eigenvalue weighted by Crippen LogP contribution is 2.39. The molecule has 0 fully saturated rings. The number of aromatic nitrogens is 1. The first kappa shape index (κ1) is 21.8. The molecule has 156 valence electrons. The Bertz CT molecular complexity index is 1070. The third-order valence-corrected chi connectivity index (χ3v) is 6.40. The predicted octanol–water partition coefficient (Wildman–Crippen LogP) is 6.10. The highest BCUT2D eigenvalue weighted by atomic mass is 32.1. The van der Waals surface area contributed by atoms with E-state index in [1.54, 1.807) is 23.5 Å². The molecule has 0 saturated carbocycles. The third-order valence-electron chi connectivity index (χ3n) is 5.30. The SMILES string of the molecule is C=C1C=C(C(N)=O)C=CN1/C(C)=C(\CCCC)c1ccccc1-c1sc(C)nc1C. The molecule has 5 heteroatoms. The van der Waals surface area contributed by atoms with Crippen LogP contribution in [-0.4, -0.2) is 15.8 Å². The molecule has 3 rings (SSSR count). The van der Waals surface area contributed by atoms with Gasteiger partial charge in [-0.3, -0.25) is 4.79 Å². The Morgan fingerprint density at radius 2 is 2.00 bits per heavy atom. The number of aryl methyl sites for hydroxylation is 2. The van der Waals surface area contributed by atoms with Gasteiger partial charge < -0.3 is 10.6 Å². The molecule has 0 aliphatic carbocycles. The molecule has 2 N–H and O–H groups in total. The maximum absolute atomic E-state index is 11.5. The standard InChI is InChI=1S/C25H29N3OS/c1-6-7-10-21(18(4)28-14-13-20(25(26)29)15-16(28)2)22-11-8-9-12-23(22)24-17(3)27-19(5)30-24/h8-9,11-15H,2,6-7,10H2,1,3-5H3,(H2,26,29)/b21-18+. The topological polar surface area (TPSA) is 59.2 Å². The zero-order valence-electron chi connectivity index (χ0n) is 18.2. The van der Waals surface area contributed by atoms with Crippen LogP contribution in [0.15, 0.2) is 66.2 Å². The Hall–Kier alpha value is -2.92. The first-order chi connectivity index (χ1) is 14.3. The van der Waals surface area contributed by atoms with E-state index in [0.29, 0.717) is 5.57 Å². The number of hydrogen-bond acceptors (Lipinski definition) is 4. The molecular formula is C25H29N3OS. The van der Waals surface area contributed by atoms with E-state index in [-0.39, 0.29) is 0 Å². The molecule has 1 amide bonds. The number of primary amides is 1. The van der Waals surface area contributed by atoms with Gasteiger partial charge in [0, 0.05) is 28.7 Å². The molecule has 1 aromatic heterocycles. The molecule has 30 heavy (non-hydrogen) atoms. The van der Waals surface area contributed by atoms with Crippen molar-refractivity contribution in [3.63, 3.8) is 0 Å². The van der Waals surface area contributed by atoms with Crippen molar-refractivity contribution in [1.82, 2.24) is 9.88 Å². The van der Waals surface area contributed by atoms with Crippen LogP contribution in [0, 0.1) is 13.8 Å². The number of rotatable bonds is 7. The van der Waals surface area contributed by atoms with Crippen LogP contribution < -0.4 is 5.73 Å². The van der Waals surface area contributed by atoms with Crippen molar-refractivity contribution in [2.45, 2.75) is 47.0 Å². The summed E-state index contributed by atoms with van der Waals surface area (Å²) in [6.07, 6.45) is 8.54. The fourth-order valence-corrected chi connectivity index (χ4v) is 4.72. The number of allylic oxidation sites excluding steroid dienone is 3. The minimum atomic E-state index is -0.443. The van der Waals surface area contributed by atoms with E-state index < -0.39 is 5.91 Å². The fraction of sp³-hybridized carbons (Fsp3) is 0.280. The Kier molecular flexibility index (Phi) is 6.73. The summed E-state index contributed by atoms with van der Waals surface area (Å²) in [5.41, 5.74) is 12.5. The molecule has 0 bridgehead atoms. The van der Waals surface area contributed by atoms with Crippen LogP contribution in [0.3, 0.4) is 0 Å². The molecule has 0 atom stereocenters. The average molecular weight is 420 g/mol. The Balaban J connectivity index is 2.12. The van der Waals surface area contributed by atoms with Crippen LogP contribution in [-0.2, 0) is 4.79 Å². The van der Waals surface area contributed by atoms with Crippen molar-refractivity contribution in [3.8, 4) is 10.4 Å². The van der Waals surface area contributed by atoms with E-state index in [1.807, 2.05) is 18.0 Å². The van der Waals surface area contributed by atoms with Crippen LogP contribution in [0.25, 0.3) is 16.0 Å². The van der Waals surface area contributed by atoms with Crippen LogP contribution in [0.5, 0.6) is 0 Å². The van der Waals surface area contributed by atoms with E-state index in [2.05, 4.69) is 56.6 Å². The maximum Gasteiger partial charge on any atom is 0.248 e. The van der Waals surface area contributed by atoms with E-state index >= 15 is 0 Å². The third kappa shape index (κ3) is 4.46. The normalized spacial score (nSPS) is 14.6. The molecule has 2 heterocycles. The van der Waals surface area contributed by atoms with Crippen molar-refractivity contribution < 1.29 is 4.79 Å². The summed E-state index contributed by atoms with van der Waals surface area (Å²) in [4.78, 5) is 19.4. The van der Waals surface area contributed by atoms with Crippen LogP contribution in [0.1, 0.15) is 49.4 Å². The van der Waals surface area contributed by atoms with Gasteiger partial charge in [0.15, 0.2) is 0 Å². The molecule has 1 aliphatic rings. The summed E-state index contributed by atoms with van der Waals surface area (Å²) in [5.74, 6) is -0.443. The van der Waals surface area contributed by atoms with Gasteiger partial charge >= 0.3 is 0 Å². The summed E-state index contributed by atoms with van der Waals surface area (Å²) in [6, 6.07) is 8.55. The van der Waals surface area contributed by atoms with Crippen LogP contribution in [0.2, 0.25) is 0 Å². The van der Waals surface area contributed by atoms with E-state index in [9.17, 15) is 4.79 Å². The molecular weight excluding hydrogens is 390 g/mol.